The molecule has 0 radical (unpaired) electrons. The van der Waals surface area contributed by atoms with Gasteiger partial charge in [0.1, 0.15) is 11.3 Å². The van der Waals surface area contributed by atoms with Crippen molar-refractivity contribution in [1.29, 1.82) is 0 Å². The van der Waals surface area contributed by atoms with E-state index in [9.17, 15) is 9.59 Å². The third-order valence-corrected chi connectivity index (χ3v) is 5.98. The molecule has 158 valence electrons. The van der Waals surface area contributed by atoms with Crippen molar-refractivity contribution < 1.29 is 19.2 Å². The second kappa shape index (κ2) is 8.36. The molecule has 2 fully saturated rings. The van der Waals surface area contributed by atoms with Crippen molar-refractivity contribution in [2.75, 3.05) is 44.4 Å². The summed E-state index contributed by atoms with van der Waals surface area (Å²) in [5.74, 6) is 0.714. The summed E-state index contributed by atoms with van der Waals surface area (Å²) in [6, 6.07) is 17.2. The van der Waals surface area contributed by atoms with Gasteiger partial charge in [-0.05, 0) is 31.5 Å². The lowest BCUT2D eigenvalue weighted by Gasteiger charge is -2.35. The average Bonchev–Trinajstić information content (AvgIpc) is 2.99. The highest BCUT2D eigenvalue weighted by atomic mass is 16.5. The monoisotopic (exact) mass is 409 g/mol. The number of piperazine rings is 1. The van der Waals surface area contributed by atoms with E-state index >= 15 is 0 Å². The van der Waals surface area contributed by atoms with Gasteiger partial charge in [-0.15, -0.1) is 0 Å². The van der Waals surface area contributed by atoms with Gasteiger partial charge in [-0.1, -0.05) is 42.5 Å². The molecule has 2 saturated heterocycles. The first-order valence-corrected chi connectivity index (χ1v) is 10.5. The van der Waals surface area contributed by atoms with Crippen LogP contribution in [-0.2, 0) is 10.3 Å². The lowest BCUT2D eigenvalue weighted by atomic mass is 9.92. The third kappa shape index (κ3) is 3.73. The van der Waals surface area contributed by atoms with Crippen LogP contribution in [0.1, 0.15) is 19.4 Å². The van der Waals surface area contributed by atoms with E-state index in [1.54, 1.807) is 6.92 Å². The summed E-state index contributed by atoms with van der Waals surface area (Å²) in [6.45, 7) is 8.17. The van der Waals surface area contributed by atoms with E-state index in [2.05, 4.69) is 16.3 Å². The van der Waals surface area contributed by atoms with Crippen LogP contribution < -0.4 is 19.9 Å². The smallest absolute Gasteiger partial charge is 0.329 e. The molecule has 0 aromatic heterocycles. The SMILES string of the molecule is CCOc1ccccc1N1CC[NH+](CN2C(=O)N[C@](C)(c3ccccc3)C2=O)CC1. The number of benzene rings is 2. The topological polar surface area (TPSA) is 66.3 Å². The number of para-hydroxylation sites is 2. The minimum Gasteiger partial charge on any atom is -0.492 e. The normalized spacial score (nSPS) is 22.3. The number of imide groups is 1. The summed E-state index contributed by atoms with van der Waals surface area (Å²) >= 11 is 0. The predicted molar refractivity (Wildman–Crippen MR) is 115 cm³/mol. The number of quaternary nitrogens is 1. The maximum absolute atomic E-state index is 13.1. The van der Waals surface area contributed by atoms with Crippen molar-refractivity contribution in [1.82, 2.24) is 10.2 Å². The van der Waals surface area contributed by atoms with E-state index in [0.717, 1.165) is 43.2 Å². The second-order valence-corrected chi connectivity index (χ2v) is 7.95. The molecule has 2 aliphatic heterocycles. The first-order chi connectivity index (χ1) is 14.5. The number of carbonyl (C=O) groups excluding carboxylic acids is 2. The summed E-state index contributed by atoms with van der Waals surface area (Å²) in [5, 5.41) is 2.89. The first-order valence-electron chi connectivity index (χ1n) is 10.5. The van der Waals surface area contributed by atoms with E-state index in [-0.39, 0.29) is 11.9 Å². The number of carbonyl (C=O) groups is 2. The van der Waals surface area contributed by atoms with Gasteiger partial charge in [0.25, 0.3) is 5.91 Å². The molecule has 30 heavy (non-hydrogen) atoms. The summed E-state index contributed by atoms with van der Waals surface area (Å²) < 4.78 is 5.76. The first kappa shape index (κ1) is 20.2. The van der Waals surface area contributed by atoms with Crippen molar-refractivity contribution in [3.63, 3.8) is 0 Å². The fourth-order valence-corrected chi connectivity index (χ4v) is 4.25. The Morgan fingerprint density at radius 3 is 2.40 bits per heavy atom. The molecular formula is C23H29N4O3+. The Balaban J connectivity index is 1.40. The number of hydrogen-bond acceptors (Lipinski definition) is 4. The van der Waals surface area contributed by atoms with Crippen molar-refractivity contribution in [2.45, 2.75) is 19.4 Å². The maximum Gasteiger partial charge on any atom is 0.329 e. The number of rotatable bonds is 6. The van der Waals surface area contributed by atoms with Gasteiger partial charge in [-0.3, -0.25) is 4.79 Å². The van der Waals surface area contributed by atoms with E-state index < -0.39 is 5.54 Å². The maximum atomic E-state index is 13.1. The Morgan fingerprint density at radius 1 is 1.03 bits per heavy atom. The summed E-state index contributed by atoms with van der Waals surface area (Å²) in [6.07, 6.45) is 0. The summed E-state index contributed by atoms with van der Waals surface area (Å²) in [4.78, 5) is 30.6. The fraction of sp³-hybridized carbons (Fsp3) is 0.391. The predicted octanol–water partition coefficient (Wildman–Crippen LogP) is 1.21. The number of nitrogens with one attached hydrogen (secondary N) is 2. The highest BCUT2D eigenvalue weighted by Gasteiger charge is 2.50. The number of anilines is 1. The number of ether oxygens (including phenoxy) is 1. The Hall–Kier alpha value is -3.06. The van der Waals surface area contributed by atoms with Crippen LogP contribution in [0.4, 0.5) is 10.5 Å². The van der Waals surface area contributed by atoms with Crippen molar-refractivity contribution in [3.05, 3.63) is 60.2 Å². The molecule has 7 nitrogen and oxygen atoms in total. The molecule has 2 aromatic carbocycles. The van der Waals surface area contributed by atoms with Gasteiger partial charge in [0.2, 0.25) is 0 Å². The van der Waals surface area contributed by atoms with Gasteiger partial charge in [-0.25, -0.2) is 9.69 Å². The highest BCUT2D eigenvalue weighted by molar-refractivity contribution is 6.07. The molecule has 4 rings (SSSR count). The van der Waals surface area contributed by atoms with Crippen molar-refractivity contribution >= 4 is 17.6 Å². The van der Waals surface area contributed by atoms with Crippen LogP contribution in [0.15, 0.2) is 54.6 Å². The quantitative estimate of drug-likeness (QED) is 0.704. The van der Waals surface area contributed by atoms with Crippen LogP contribution in [0.25, 0.3) is 0 Å². The van der Waals surface area contributed by atoms with E-state index in [4.69, 9.17) is 4.74 Å². The van der Waals surface area contributed by atoms with E-state index in [1.165, 1.54) is 9.80 Å². The summed E-state index contributed by atoms with van der Waals surface area (Å²) in [7, 11) is 0. The molecule has 0 unspecified atom stereocenters. The molecule has 2 aliphatic rings. The standard InChI is InChI=1S/C23H28N4O3/c1-3-30-20-12-8-7-11-19(20)26-15-13-25(14-16-26)17-27-21(28)23(2,24-22(27)29)18-9-5-4-6-10-18/h4-12H,3,13-17H2,1-2H3,(H,24,29)/p+1/t23-/m1/s1. The zero-order valence-electron chi connectivity index (χ0n) is 17.6. The Bertz CT molecular complexity index is 912. The van der Waals surface area contributed by atoms with Crippen LogP contribution >= 0.6 is 0 Å². The highest BCUT2D eigenvalue weighted by Crippen LogP contribution is 2.29. The van der Waals surface area contributed by atoms with Crippen LogP contribution in [0, 0.1) is 0 Å². The fourth-order valence-electron chi connectivity index (χ4n) is 4.25. The Morgan fingerprint density at radius 2 is 1.70 bits per heavy atom. The molecule has 2 N–H and O–H groups in total. The Kier molecular flexibility index (Phi) is 5.63. The minimum absolute atomic E-state index is 0.185. The molecule has 1 atom stereocenters. The molecule has 0 bridgehead atoms. The van der Waals surface area contributed by atoms with Crippen LogP contribution in [-0.4, -0.2) is 56.3 Å². The molecule has 2 heterocycles. The molecule has 0 spiro atoms. The number of amides is 3. The molecule has 7 heteroatoms. The third-order valence-electron chi connectivity index (χ3n) is 5.98. The molecule has 0 saturated carbocycles. The van der Waals surface area contributed by atoms with E-state index in [1.807, 2.05) is 55.5 Å². The molecule has 0 aliphatic carbocycles. The molecule has 3 amide bonds. The Labute approximate surface area is 177 Å². The number of nitrogens with zero attached hydrogens (tertiary/aromatic N) is 2. The molecule has 2 aromatic rings. The van der Waals surface area contributed by atoms with Gasteiger partial charge in [0.15, 0.2) is 6.67 Å². The van der Waals surface area contributed by atoms with Gasteiger partial charge < -0.3 is 19.9 Å². The minimum atomic E-state index is -1.00. The van der Waals surface area contributed by atoms with Gasteiger partial charge in [-0.2, -0.15) is 0 Å². The lowest BCUT2D eigenvalue weighted by Crippen LogP contribution is -3.16. The van der Waals surface area contributed by atoms with Crippen LogP contribution in [0.2, 0.25) is 0 Å². The number of hydrogen-bond donors (Lipinski definition) is 2. The van der Waals surface area contributed by atoms with Crippen molar-refractivity contribution in [2.24, 2.45) is 0 Å². The molecular weight excluding hydrogens is 380 g/mol. The lowest BCUT2D eigenvalue weighted by molar-refractivity contribution is -0.907. The van der Waals surface area contributed by atoms with Gasteiger partial charge >= 0.3 is 6.03 Å². The van der Waals surface area contributed by atoms with Crippen molar-refractivity contribution in [3.8, 4) is 5.75 Å². The van der Waals surface area contributed by atoms with Gasteiger partial charge in [0.05, 0.1) is 38.5 Å². The average molecular weight is 410 g/mol. The van der Waals surface area contributed by atoms with Gasteiger partial charge in [0, 0.05) is 0 Å². The summed E-state index contributed by atoms with van der Waals surface area (Å²) in [5.41, 5.74) is 0.902. The zero-order valence-corrected chi connectivity index (χ0v) is 17.6. The van der Waals surface area contributed by atoms with E-state index in [0.29, 0.717) is 13.3 Å². The zero-order chi connectivity index (χ0) is 21.1. The number of urea groups is 1. The van der Waals surface area contributed by atoms with Crippen LogP contribution in [0.5, 0.6) is 5.75 Å². The largest absolute Gasteiger partial charge is 0.492 e. The second-order valence-electron chi connectivity index (χ2n) is 7.95. The van der Waals surface area contributed by atoms with Crippen LogP contribution in [0.3, 0.4) is 0 Å².